The van der Waals surface area contributed by atoms with E-state index in [9.17, 15) is 4.79 Å². The van der Waals surface area contributed by atoms with Gasteiger partial charge in [-0.3, -0.25) is 4.79 Å². The molecule has 114 valence electrons. The molecule has 2 aliphatic rings. The van der Waals surface area contributed by atoms with Gasteiger partial charge in [0.25, 0.3) is 0 Å². The summed E-state index contributed by atoms with van der Waals surface area (Å²) >= 11 is 0. The number of hydrogen-bond acceptors (Lipinski definition) is 5. The van der Waals surface area contributed by atoms with Gasteiger partial charge in [0, 0.05) is 5.41 Å². The topological polar surface area (TPSA) is 54.0 Å². The van der Waals surface area contributed by atoms with Crippen molar-refractivity contribution in [2.24, 2.45) is 5.41 Å². The van der Waals surface area contributed by atoms with Crippen LogP contribution >= 0.6 is 0 Å². The molecule has 21 heavy (non-hydrogen) atoms. The summed E-state index contributed by atoms with van der Waals surface area (Å²) in [6, 6.07) is 5.50. The van der Waals surface area contributed by atoms with Crippen molar-refractivity contribution < 1.29 is 23.7 Å². The van der Waals surface area contributed by atoms with Gasteiger partial charge in [0.1, 0.15) is 5.92 Å². The molecule has 1 fully saturated rings. The van der Waals surface area contributed by atoms with Crippen LogP contribution in [0.15, 0.2) is 18.2 Å². The van der Waals surface area contributed by atoms with E-state index in [0.717, 1.165) is 5.56 Å². The zero-order chi connectivity index (χ0) is 15.2. The SMILES string of the molecule is C[C@H]1O[C@@H](C(C)(C)C)OC(=O)[C@@H]1c1ccc2c(c1)OCO2. The van der Waals surface area contributed by atoms with E-state index in [4.69, 9.17) is 18.9 Å². The van der Waals surface area contributed by atoms with Crippen molar-refractivity contribution in [1.82, 2.24) is 0 Å². The Morgan fingerprint density at radius 3 is 2.52 bits per heavy atom. The van der Waals surface area contributed by atoms with Crippen LogP contribution in [-0.4, -0.2) is 25.2 Å². The van der Waals surface area contributed by atoms with Crippen LogP contribution in [-0.2, 0) is 14.3 Å². The van der Waals surface area contributed by atoms with Gasteiger partial charge in [0.15, 0.2) is 11.5 Å². The maximum absolute atomic E-state index is 12.4. The third-order valence-corrected chi connectivity index (χ3v) is 3.75. The smallest absolute Gasteiger partial charge is 0.318 e. The molecule has 1 aromatic carbocycles. The van der Waals surface area contributed by atoms with E-state index in [1.54, 1.807) is 0 Å². The fourth-order valence-corrected chi connectivity index (χ4v) is 2.57. The maximum Gasteiger partial charge on any atom is 0.318 e. The van der Waals surface area contributed by atoms with Crippen molar-refractivity contribution in [2.45, 2.75) is 46.0 Å². The lowest BCUT2D eigenvalue weighted by Crippen LogP contribution is -2.46. The summed E-state index contributed by atoms with van der Waals surface area (Å²) in [4.78, 5) is 12.4. The van der Waals surface area contributed by atoms with Crippen LogP contribution in [0.1, 0.15) is 39.2 Å². The molecule has 0 unspecified atom stereocenters. The molecular formula is C16H20O5. The van der Waals surface area contributed by atoms with Crippen molar-refractivity contribution >= 4 is 5.97 Å². The van der Waals surface area contributed by atoms with E-state index in [-0.39, 0.29) is 24.3 Å². The minimum atomic E-state index is -0.523. The zero-order valence-corrected chi connectivity index (χ0v) is 12.7. The normalized spacial score (nSPS) is 28.4. The Kier molecular flexibility index (Phi) is 3.32. The summed E-state index contributed by atoms with van der Waals surface area (Å²) in [5, 5.41) is 0. The molecule has 3 rings (SSSR count). The van der Waals surface area contributed by atoms with Crippen LogP contribution in [0.4, 0.5) is 0 Å². The number of hydrogen-bond donors (Lipinski definition) is 0. The lowest BCUT2D eigenvalue weighted by Gasteiger charge is -2.39. The highest BCUT2D eigenvalue weighted by Crippen LogP contribution is 2.39. The predicted octanol–water partition coefficient (Wildman–Crippen LogP) is 2.83. The lowest BCUT2D eigenvalue weighted by molar-refractivity contribution is -0.245. The molecule has 0 aliphatic carbocycles. The van der Waals surface area contributed by atoms with Crippen molar-refractivity contribution in [1.29, 1.82) is 0 Å². The molecule has 0 spiro atoms. The molecule has 1 saturated heterocycles. The van der Waals surface area contributed by atoms with E-state index in [2.05, 4.69) is 0 Å². The highest BCUT2D eigenvalue weighted by Gasteiger charge is 2.42. The van der Waals surface area contributed by atoms with Gasteiger partial charge in [0.05, 0.1) is 6.10 Å². The molecule has 3 atom stereocenters. The van der Waals surface area contributed by atoms with Crippen molar-refractivity contribution in [3.8, 4) is 11.5 Å². The third kappa shape index (κ3) is 2.58. The molecule has 2 aliphatic heterocycles. The second kappa shape index (κ2) is 4.91. The van der Waals surface area contributed by atoms with E-state index in [1.807, 2.05) is 45.9 Å². The Bertz CT molecular complexity index is 560. The standard InChI is InChI=1S/C16H20O5/c1-9-13(14(17)21-15(20-9)16(2,3)4)10-5-6-11-12(7-10)19-8-18-11/h5-7,9,13,15H,8H2,1-4H3/t9-,13+,15-/m1/s1. The fraction of sp³-hybridized carbons (Fsp3) is 0.562. The maximum atomic E-state index is 12.4. The predicted molar refractivity (Wildman–Crippen MR) is 75.2 cm³/mol. The van der Waals surface area contributed by atoms with Gasteiger partial charge in [-0.15, -0.1) is 0 Å². The van der Waals surface area contributed by atoms with Gasteiger partial charge in [-0.05, 0) is 24.6 Å². The van der Waals surface area contributed by atoms with Crippen LogP contribution in [0.25, 0.3) is 0 Å². The molecule has 0 aromatic heterocycles. The zero-order valence-electron chi connectivity index (χ0n) is 12.7. The first kappa shape index (κ1) is 14.2. The molecule has 0 amide bonds. The van der Waals surface area contributed by atoms with Crippen molar-refractivity contribution in [2.75, 3.05) is 6.79 Å². The molecule has 5 nitrogen and oxygen atoms in total. The molecular weight excluding hydrogens is 272 g/mol. The highest BCUT2D eigenvalue weighted by molar-refractivity contribution is 5.80. The van der Waals surface area contributed by atoms with Gasteiger partial charge in [-0.25, -0.2) is 0 Å². The summed E-state index contributed by atoms with van der Waals surface area (Å²) in [6.45, 7) is 8.07. The Labute approximate surface area is 124 Å². The second-order valence-electron chi connectivity index (χ2n) is 6.57. The van der Waals surface area contributed by atoms with Crippen LogP contribution in [0.5, 0.6) is 11.5 Å². The Hall–Kier alpha value is -1.75. The molecule has 0 N–H and O–H groups in total. The average Bonchev–Trinajstić information content (AvgIpc) is 2.84. The van der Waals surface area contributed by atoms with Gasteiger partial charge >= 0.3 is 5.97 Å². The monoisotopic (exact) mass is 292 g/mol. The number of cyclic esters (lactones) is 1. The lowest BCUT2D eigenvalue weighted by atomic mass is 9.90. The second-order valence-corrected chi connectivity index (χ2v) is 6.57. The van der Waals surface area contributed by atoms with Gasteiger partial charge in [-0.1, -0.05) is 26.8 Å². The molecule has 0 radical (unpaired) electrons. The van der Waals surface area contributed by atoms with Crippen LogP contribution in [0.2, 0.25) is 0 Å². The van der Waals surface area contributed by atoms with Crippen molar-refractivity contribution in [3.63, 3.8) is 0 Å². The van der Waals surface area contributed by atoms with E-state index in [0.29, 0.717) is 11.5 Å². The van der Waals surface area contributed by atoms with Crippen LogP contribution in [0, 0.1) is 5.41 Å². The molecule has 5 heteroatoms. The van der Waals surface area contributed by atoms with E-state index < -0.39 is 12.2 Å². The summed E-state index contributed by atoms with van der Waals surface area (Å²) < 4.78 is 22.0. The molecule has 0 bridgehead atoms. The molecule has 1 aromatic rings. The van der Waals surface area contributed by atoms with E-state index in [1.165, 1.54) is 0 Å². The Balaban J connectivity index is 1.85. The third-order valence-electron chi connectivity index (χ3n) is 3.75. The highest BCUT2D eigenvalue weighted by atomic mass is 16.7. The van der Waals surface area contributed by atoms with Crippen LogP contribution < -0.4 is 9.47 Å². The number of benzene rings is 1. The summed E-state index contributed by atoms with van der Waals surface area (Å²) in [5.74, 6) is 0.653. The first-order valence-electron chi connectivity index (χ1n) is 7.12. The van der Waals surface area contributed by atoms with Gasteiger partial charge < -0.3 is 18.9 Å². The number of carbonyl (C=O) groups excluding carboxylic acids is 1. The first-order chi connectivity index (χ1) is 9.86. The number of carbonyl (C=O) groups is 1. The van der Waals surface area contributed by atoms with Crippen molar-refractivity contribution in [3.05, 3.63) is 23.8 Å². The van der Waals surface area contributed by atoms with E-state index >= 15 is 0 Å². The summed E-state index contributed by atoms with van der Waals surface area (Å²) in [7, 11) is 0. The number of rotatable bonds is 1. The number of esters is 1. The molecule has 0 saturated carbocycles. The first-order valence-corrected chi connectivity index (χ1v) is 7.12. The quantitative estimate of drug-likeness (QED) is 0.745. The summed E-state index contributed by atoms with van der Waals surface area (Å²) in [5.41, 5.74) is 0.577. The molecule has 2 heterocycles. The number of ether oxygens (including phenoxy) is 4. The minimum absolute atomic E-state index is 0.214. The Morgan fingerprint density at radius 2 is 1.86 bits per heavy atom. The number of fused-ring (bicyclic) bond motifs is 1. The summed E-state index contributed by atoms with van der Waals surface area (Å²) in [6.07, 6.45) is -0.777. The van der Waals surface area contributed by atoms with Gasteiger partial charge in [-0.2, -0.15) is 0 Å². The van der Waals surface area contributed by atoms with Crippen LogP contribution in [0.3, 0.4) is 0 Å². The van der Waals surface area contributed by atoms with Gasteiger partial charge in [0.2, 0.25) is 13.1 Å². The largest absolute Gasteiger partial charge is 0.454 e. The Morgan fingerprint density at radius 1 is 1.14 bits per heavy atom. The minimum Gasteiger partial charge on any atom is -0.454 e. The fourth-order valence-electron chi connectivity index (χ4n) is 2.57. The average molecular weight is 292 g/mol.